The summed E-state index contributed by atoms with van der Waals surface area (Å²) in [4.78, 5) is 41.2. The summed E-state index contributed by atoms with van der Waals surface area (Å²) in [5.41, 5.74) is 0.514. The van der Waals surface area contributed by atoms with Gasteiger partial charge in [-0.05, 0) is 24.5 Å². The van der Waals surface area contributed by atoms with E-state index in [2.05, 4.69) is 5.32 Å². The molecule has 28 heavy (non-hydrogen) atoms. The largest absolute Gasteiger partial charge is 0.385 e. The first kappa shape index (κ1) is 19.4. The van der Waals surface area contributed by atoms with E-state index in [1.807, 2.05) is 35.8 Å². The van der Waals surface area contributed by atoms with Crippen molar-refractivity contribution in [2.24, 2.45) is 11.8 Å². The molecular weight excluding hydrogens is 378 g/mol. The van der Waals surface area contributed by atoms with Crippen molar-refractivity contribution in [3.05, 3.63) is 29.8 Å². The summed E-state index contributed by atoms with van der Waals surface area (Å²) < 4.78 is 5.07. The number of ether oxygens (including phenoxy) is 1. The minimum Gasteiger partial charge on any atom is -0.385 e. The molecule has 0 aliphatic carbocycles. The van der Waals surface area contributed by atoms with Gasteiger partial charge in [-0.1, -0.05) is 18.2 Å². The Hall–Kier alpha value is -1.90. The normalized spacial score (nSPS) is 30.9. The molecule has 7 nitrogen and oxygen atoms in total. The Kier molecular flexibility index (Phi) is 5.20. The number of amides is 3. The summed E-state index contributed by atoms with van der Waals surface area (Å²) in [6.07, 6.45) is 3.41. The maximum Gasteiger partial charge on any atom is 0.291 e. The van der Waals surface area contributed by atoms with Gasteiger partial charge in [0.05, 0.1) is 5.69 Å². The number of nitrogens with one attached hydrogen (secondary N) is 1. The van der Waals surface area contributed by atoms with Crippen LogP contribution in [-0.2, 0) is 24.7 Å². The van der Waals surface area contributed by atoms with E-state index in [-0.39, 0.29) is 23.8 Å². The quantitative estimate of drug-likeness (QED) is 0.499. The average Bonchev–Trinajstić information content (AvgIpc) is 3.27. The number of carbonyl (C=O) groups is 3. The fraction of sp³-hybridized carbons (Fsp3) is 0.550. The minimum absolute atomic E-state index is 0.0850. The van der Waals surface area contributed by atoms with Crippen molar-refractivity contribution >= 4 is 35.2 Å². The lowest BCUT2D eigenvalue weighted by molar-refractivity contribution is -0.733. The molecule has 3 amide bonds. The molecule has 0 aromatic heterocycles. The lowest BCUT2D eigenvalue weighted by atomic mass is 9.76. The number of imide groups is 1. The van der Waals surface area contributed by atoms with Gasteiger partial charge in [0.1, 0.15) is 17.9 Å². The number of carbonyl (C=O) groups excluding carboxylic acids is 3. The molecule has 2 saturated heterocycles. The highest BCUT2D eigenvalue weighted by atomic mass is 32.2. The van der Waals surface area contributed by atoms with Crippen LogP contribution in [0.4, 0.5) is 5.69 Å². The summed E-state index contributed by atoms with van der Waals surface area (Å²) >= 11 is 1.71. The molecule has 4 rings (SSSR count). The lowest BCUT2D eigenvalue weighted by Gasteiger charge is -2.26. The molecule has 0 saturated carbocycles. The number of fused-ring (bicyclic) bond motifs is 4. The van der Waals surface area contributed by atoms with E-state index in [1.54, 1.807) is 18.9 Å². The number of benzene rings is 1. The van der Waals surface area contributed by atoms with Gasteiger partial charge < -0.3 is 15.4 Å². The van der Waals surface area contributed by atoms with Gasteiger partial charge >= 0.3 is 0 Å². The second-order valence-corrected chi connectivity index (χ2v) is 8.64. The maximum absolute atomic E-state index is 13.4. The van der Waals surface area contributed by atoms with Crippen LogP contribution in [0.5, 0.6) is 0 Å². The van der Waals surface area contributed by atoms with Gasteiger partial charge in [0.15, 0.2) is 0 Å². The van der Waals surface area contributed by atoms with Gasteiger partial charge in [-0.15, -0.1) is 0 Å². The molecule has 3 heterocycles. The average molecular weight is 405 g/mol. The molecule has 0 unspecified atom stereocenters. The Morgan fingerprint density at radius 3 is 2.79 bits per heavy atom. The highest BCUT2D eigenvalue weighted by molar-refractivity contribution is 7.98. The van der Waals surface area contributed by atoms with Crippen LogP contribution in [0.25, 0.3) is 0 Å². The molecule has 1 spiro atoms. The number of thioether (sulfide) groups is 1. The molecule has 3 aliphatic heterocycles. The molecule has 1 aromatic carbocycles. The second-order valence-electron chi connectivity index (χ2n) is 7.66. The Balaban J connectivity index is 1.75. The number of rotatable bonds is 7. The van der Waals surface area contributed by atoms with Crippen LogP contribution in [0, 0.1) is 11.8 Å². The van der Waals surface area contributed by atoms with E-state index < -0.39 is 17.4 Å². The molecule has 1 aromatic rings. The number of methoxy groups -OCH3 is 1. The molecule has 0 radical (unpaired) electrons. The monoisotopic (exact) mass is 404 g/mol. The van der Waals surface area contributed by atoms with Gasteiger partial charge in [-0.25, -0.2) is 0 Å². The van der Waals surface area contributed by atoms with Crippen molar-refractivity contribution in [1.82, 2.24) is 4.90 Å². The van der Waals surface area contributed by atoms with Crippen LogP contribution in [0.2, 0.25) is 0 Å². The van der Waals surface area contributed by atoms with Crippen LogP contribution >= 0.6 is 11.8 Å². The number of para-hydroxylation sites is 1. The van der Waals surface area contributed by atoms with Gasteiger partial charge in [-0.3, -0.25) is 19.3 Å². The standard InChI is InChI=1S/C20H25N3O4S/c1-27-10-5-9-23-17(24)15-14(8-11-28-2)22-20(16(15)18(23)25)12-6-3-4-7-13(12)21-19(20)26/h3-4,6-7,14-16,22H,5,8-11H2,1-2H3,(H,21,26)/p+1/t14-,15+,16-,20+/m0/s1. The summed E-state index contributed by atoms with van der Waals surface area (Å²) in [5, 5.41) is 4.95. The fourth-order valence-electron chi connectivity index (χ4n) is 5.09. The number of hydrogen-bond acceptors (Lipinski definition) is 5. The zero-order chi connectivity index (χ0) is 19.9. The van der Waals surface area contributed by atoms with Crippen molar-refractivity contribution in [3.8, 4) is 0 Å². The van der Waals surface area contributed by atoms with Gasteiger partial charge in [0.25, 0.3) is 5.91 Å². The van der Waals surface area contributed by atoms with Crippen molar-refractivity contribution in [2.45, 2.75) is 24.4 Å². The molecular formula is C20H26N3O4S+. The van der Waals surface area contributed by atoms with Crippen molar-refractivity contribution < 1.29 is 24.4 Å². The third-order valence-corrected chi connectivity index (χ3v) is 6.90. The predicted molar refractivity (Wildman–Crippen MR) is 106 cm³/mol. The van der Waals surface area contributed by atoms with Crippen LogP contribution in [0.1, 0.15) is 18.4 Å². The first-order valence-electron chi connectivity index (χ1n) is 9.66. The summed E-state index contributed by atoms with van der Waals surface area (Å²) in [5.74, 6) is -0.773. The van der Waals surface area contributed by atoms with E-state index in [4.69, 9.17) is 4.74 Å². The van der Waals surface area contributed by atoms with E-state index in [1.165, 1.54) is 4.90 Å². The Morgan fingerprint density at radius 1 is 1.25 bits per heavy atom. The van der Waals surface area contributed by atoms with Crippen molar-refractivity contribution in [3.63, 3.8) is 0 Å². The predicted octanol–water partition coefficient (Wildman–Crippen LogP) is 0.170. The lowest BCUT2D eigenvalue weighted by Crippen LogP contribution is -2.99. The molecule has 0 bridgehead atoms. The Morgan fingerprint density at radius 2 is 2.04 bits per heavy atom. The molecule has 2 fully saturated rings. The Labute approximate surface area is 168 Å². The number of hydrogen-bond donors (Lipinski definition) is 2. The van der Waals surface area contributed by atoms with E-state index >= 15 is 0 Å². The van der Waals surface area contributed by atoms with Crippen LogP contribution in [0.15, 0.2) is 24.3 Å². The number of quaternary nitrogens is 1. The number of anilines is 1. The molecule has 3 aliphatic rings. The van der Waals surface area contributed by atoms with Crippen LogP contribution in [-0.4, -0.2) is 60.9 Å². The van der Waals surface area contributed by atoms with Crippen LogP contribution < -0.4 is 10.6 Å². The van der Waals surface area contributed by atoms with Gasteiger partial charge in [0, 0.05) is 32.2 Å². The fourth-order valence-corrected chi connectivity index (χ4v) is 5.59. The topological polar surface area (TPSA) is 92.3 Å². The smallest absolute Gasteiger partial charge is 0.291 e. The van der Waals surface area contributed by atoms with Crippen molar-refractivity contribution in [1.29, 1.82) is 0 Å². The number of nitrogens with two attached hydrogens (primary N) is 1. The van der Waals surface area contributed by atoms with Gasteiger partial charge in [0.2, 0.25) is 17.4 Å². The SMILES string of the molecule is COCCCN1C(=O)[C@@H]2[C@H](CCSC)[NH2+][C@@]3(C(=O)Nc4ccccc43)[C@@H]2C1=O. The second kappa shape index (κ2) is 7.50. The minimum atomic E-state index is -1.05. The summed E-state index contributed by atoms with van der Waals surface area (Å²) in [6.45, 7) is 0.829. The van der Waals surface area contributed by atoms with E-state index in [0.717, 1.165) is 23.4 Å². The first-order valence-corrected chi connectivity index (χ1v) is 11.1. The third kappa shape index (κ3) is 2.69. The van der Waals surface area contributed by atoms with Crippen LogP contribution in [0.3, 0.4) is 0 Å². The maximum atomic E-state index is 13.4. The highest BCUT2D eigenvalue weighted by Crippen LogP contribution is 2.49. The number of likely N-dealkylation sites (tertiary alicyclic amines) is 1. The van der Waals surface area contributed by atoms with E-state index in [9.17, 15) is 14.4 Å². The zero-order valence-corrected chi connectivity index (χ0v) is 17.0. The summed E-state index contributed by atoms with van der Waals surface area (Å²) in [6, 6.07) is 7.43. The van der Waals surface area contributed by atoms with Crippen molar-refractivity contribution in [2.75, 3.05) is 37.6 Å². The summed E-state index contributed by atoms with van der Waals surface area (Å²) in [7, 11) is 1.60. The van der Waals surface area contributed by atoms with Gasteiger partial charge in [-0.2, -0.15) is 11.8 Å². The first-order chi connectivity index (χ1) is 13.6. The third-order valence-electron chi connectivity index (χ3n) is 6.25. The molecule has 8 heteroatoms. The molecule has 150 valence electrons. The molecule has 3 N–H and O–H groups in total. The highest BCUT2D eigenvalue weighted by Gasteiger charge is 2.73. The molecule has 4 atom stereocenters. The zero-order valence-electron chi connectivity index (χ0n) is 16.1. The number of nitrogens with zero attached hydrogens (tertiary/aromatic N) is 1. The van der Waals surface area contributed by atoms with E-state index in [0.29, 0.717) is 19.6 Å². The Bertz CT molecular complexity index is 816.